The van der Waals surface area contributed by atoms with Crippen LogP contribution >= 0.6 is 0 Å². The smallest absolute Gasteiger partial charge is 0.206 e. The van der Waals surface area contributed by atoms with Crippen molar-refractivity contribution in [3.05, 3.63) is 48.5 Å². The van der Waals surface area contributed by atoms with Crippen LogP contribution in [-0.4, -0.2) is 50.2 Å². The van der Waals surface area contributed by atoms with Gasteiger partial charge in [0.15, 0.2) is 11.6 Å². The van der Waals surface area contributed by atoms with Crippen LogP contribution in [0.5, 0.6) is 0 Å². The molecule has 0 atom stereocenters. The van der Waals surface area contributed by atoms with Crippen molar-refractivity contribution in [2.24, 2.45) is 11.8 Å². The lowest BCUT2D eigenvalue weighted by Crippen LogP contribution is -2.17. The number of anilines is 4. The molecule has 41 heavy (non-hydrogen) atoms. The second kappa shape index (κ2) is 11.1. The third kappa shape index (κ3) is 5.17. The molecule has 6 rings (SSSR count). The number of para-hydroxylation sites is 2. The van der Waals surface area contributed by atoms with Crippen LogP contribution in [0.4, 0.5) is 23.5 Å². The molecule has 0 amide bonds. The van der Waals surface area contributed by atoms with Crippen molar-refractivity contribution >= 4 is 67.4 Å². The molecular weight excluding hydrogens is 512 g/mol. The highest BCUT2D eigenvalue weighted by Crippen LogP contribution is 2.32. The average molecular weight is 553 g/mol. The van der Waals surface area contributed by atoms with Crippen molar-refractivity contribution in [1.82, 2.24) is 29.1 Å². The summed E-state index contributed by atoms with van der Waals surface area (Å²) < 4.78 is 4.45. The van der Waals surface area contributed by atoms with E-state index in [4.69, 9.17) is 16.5 Å². The van der Waals surface area contributed by atoms with Crippen LogP contribution in [-0.2, 0) is 13.1 Å². The Bertz CT molecular complexity index is 1850. The number of nitrogen functional groups attached to an aromatic ring is 2. The first-order valence-electron chi connectivity index (χ1n) is 14.0. The van der Waals surface area contributed by atoms with E-state index < -0.39 is 0 Å². The molecule has 0 spiro atoms. The lowest BCUT2D eigenvalue weighted by atomic mass is 10.1. The van der Waals surface area contributed by atoms with Crippen molar-refractivity contribution in [3.63, 3.8) is 0 Å². The van der Waals surface area contributed by atoms with Crippen molar-refractivity contribution in [2.75, 3.05) is 42.8 Å². The summed E-state index contributed by atoms with van der Waals surface area (Å²) in [6, 6.07) is 16.1. The van der Waals surface area contributed by atoms with Crippen molar-refractivity contribution in [1.29, 1.82) is 0 Å². The molecule has 0 bridgehead atoms. The number of hydrogen-bond donors (Lipinski definition) is 3. The minimum Gasteiger partial charge on any atom is -0.382 e. The quantitative estimate of drug-likeness (QED) is 0.238. The molecule has 6 aromatic rings. The zero-order chi connectivity index (χ0) is 29.4. The van der Waals surface area contributed by atoms with Crippen LogP contribution in [0.3, 0.4) is 0 Å². The van der Waals surface area contributed by atoms with Gasteiger partial charge in [0, 0.05) is 45.0 Å². The van der Waals surface area contributed by atoms with Gasteiger partial charge in [0.05, 0.1) is 22.1 Å². The van der Waals surface area contributed by atoms with Gasteiger partial charge in [-0.3, -0.25) is 0 Å². The van der Waals surface area contributed by atoms with Crippen LogP contribution in [0, 0.1) is 11.8 Å². The summed E-state index contributed by atoms with van der Waals surface area (Å²) in [5, 5.41) is 5.34. The Morgan fingerprint density at radius 1 is 0.707 bits per heavy atom. The molecular formula is C31H40N10. The van der Waals surface area contributed by atoms with E-state index in [0.29, 0.717) is 23.5 Å². The number of nitrogens with two attached hydrogens (primary N) is 2. The molecule has 214 valence electrons. The molecule has 0 saturated carbocycles. The number of imidazole rings is 2. The van der Waals surface area contributed by atoms with Crippen molar-refractivity contribution < 1.29 is 0 Å². The van der Waals surface area contributed by atoms with Gasteiger partial charge in [-0.1, -0.05) is 64.1 Å². The minimum atomic E-state index is 0.484. The van der Waals surface area contributed by atoms with Gasteiger partial charge >= 0.3 is 0 Å². The maximum Gasteiger partial charge on any atom is 0.206 e. The Morgan fingerprint density at radius 3 is 1.66 bits per heavy atom. The molecule has 0 saturated heterocycles. The summed E-state index contributed by atoms with van der Waals surface area (Å²) in [7, 11) is 5.89. The van der Waals surface area contributed by atoms with E-state index in [1.165, 1.54) is 0 Å². The number of aromatic nitrogens is 6. The Balaban J connectivity index is 0.000000165. The maximum atomic E-state index is 6.13. The van der Waals surface area contributed by atoms with E-state index >= 15 is 0 Å². The monoisotopic (exact) mass is 552 g/mol. The number of nitrogens with zero attached hydrogens (tertiary/aromatic N) is 7. The topological polar surface area (TPSA) is 129 Å². The lowest BCUT2D eigenvalue weighted by molar-refractivity contribution is 0.533. The Labute approximate surface area is 240 Å². The van der Waals surface area contributed by atoms with Crippen LogP contribution in [0.25, 0.3) is 43.9 Å². The molecule has 0 aliphatic carbocycles. The molecule has 0 radical (unpaired) electrons. The summed E-state index contributed by atoms with van der Waals surface area (Å²) in [6.07, 6.45) is 0. The Kier molecular flexibility index (Phi) is 7.57. The highest BCUT2D eigenvalue weighted by atomic mass is 15.3. The Morgan fingerprint density at radius 2 is 1.17 bits per heavy atom. The largest absolute Gasteiger partial charge is 0.382 e. The van der Waals surface area contributed by atoms with E-state index in [1.54, 1.807) is 0 Å². The van der Waals surface area contributed by atoms with E-state index in [9.17, 15) is 0 Å². The molecule has 2 aromatic carbocycles. The molecule has 4 aromatic heterocycles. The number of rotatable bonds is 6. The Hall–Kier alpha value is -4.60. The highest BCUT2D eigenvalue weighted by Gasteiger charge is 2.19. The summed E-state index contributed by atoms with van der Waals surface area (Å²) in [5.74, 6) is 3.77. The molecule has 0 fully saturated rings. The van der Waals surface area contributed by atoms with E-state index in [1.807, 2.05) is 62.4 Å². The lowest BCUT2D eigenvalue weighted by Gasteiger charge is -2.17. The number of pyridine rings is 2. The zero-order valence-electron chi connectivity index (χ0n) is 25.0. The zero-order valence-corrected chi connectivity index (χ0v) is 25.0. The van der Waals surface area contributed by atoms with E-state index in [2.05, 4.69) is 69.2 Å². The van der Waals surface area contributed by atoms with Gasteiger partial charge in [0.2, 0.25) is 11.9 Å². The third-order valence-electron chi connectivity index (χ3n) is 6.92. The normalized spacial score (nSPS) is 11.6. The third-order valence-corrected chi connectivity index (χ3v) is 6.92. The van der Waals surface area contributed by atoms with Crippen molar-refractivity contribution in [3.8, 4) is 0 Å². The minimum absolute atomic E-state index is 0.484. The number of benzene rings is 2. The molecule has 0 aliphatic heterocycles. The van der Waals surface area contributed by atoms with Gasteiger partial charge in [-0.15, -0.1) is 0 Å². The van der Waals surface area contributed by atoms with Crippen molar-refractivity contribution in [2.45, 2.75) is 40.8 Å². The first-order chi connectivity index (χ1) is 19.6. The van der Waals surface area contributed by atoms with Gasteiger partial charge in [0.1, 0.15) is 11.0 Å². The molecule has 10 heteroatoms. The van der Waals surface area contributed by atoms with Crippen LogP contribution < -0.4 is 21.7 Å². The van der Waals surface area contributed by atoms with E-state index in [0.717, 1.165) is 68.9 Å². The van der Waals surface area contributed by atoms with Gasteiger partial charge in [0.25, 0.3) is 0 Å². The van der Waals surface area contributed by atoms with Crippen LogP contribution in [0.15, 0.2) is 48.5 Å². The first kappa shape index (κ1) is 27.9. The summed E-state index contributed by atoms with van der Waals surface area (Å²) in [4.78, 5) is 20.3. The molecule has 4 heterocycles. The van der Waals surface area contributed by atoms with Gasteiger partial charge in [-0.25, -0.2) is 19.9 Å². The average Bonchev–Trinajstić information content (AvgIpc) is 3.49. The predicted octanol–water partition coefficient (Wildman–Crippen LogP) is 5.75. The molecule has 0 aliphatic rings. The molecule has 0 unspecified atom stereocenters. The van der Waals surface area contributed by atoms with Crippen LogP contribution in [0.1, 0.15) is 27.7 Å². The van der Waals surface area contributed by atoms with Gasteiger partial charge in [-0.05, 0) is 24.0 Å². The standard InChI is InChI=1S/C16H21N5.C15H19N5/c1-10(2)9-21-14-11-7-5-6-8-12(11)18-15(17)13(14)19-16(21)20(3)4;1-9(2)8-20-13-10-6-4-5-7-11(10)18-14(16)12(13)19-15(20)17-3/h5-8,10H,9H2,1-4H3,(H2,17,18);4-7,9H,8H2,1-3H3,(H2,16,18)(H,17,19). The highest BCUT2D eigenvalue weighted by molar-refractivity contribution is 6.08. The summed E-state index contributed by atoms with van der Waals surface area (Å²) in [6.45, 7) is 10.6. The fraction of sp³-hybridized carbons (Fsp3) is 0.355. The van der Waals surface area contributed by atoms with Gasteiger partial charge in [-0.2, -0.15) is 0 Å². The van der Waals surface area contributed by atoms with Gasteiger partial charge < -0.3 is 30.8 Å². The predicted molar refractivity (Wildman–Crippen MR) is 172 cm³/mol. The first-order valence-corrected chi connectivity index (χ1v) is 14.0. The molecule has 5 N–H and O–H groups in total. The summed E-state index contributed by atoms with van der Waals surface area (Å²) >= 11 is 0. The summed E-state index contributed by atoms with van der Waals surface area (Å²) in [5.41, 5.74) is 17.7. The second-order valence-electron chi connectivity index (χ2n) is 11.4. The fourth-order valence-electron chi connectivity index (χ4n) is 5.32. The second-order valence-corrected chi connectivity index (χ2v) is 11.4. The maximum absolute atomic E-state index is 6.13. The van der Waals surface area contributed by atoms with E-state index in [-0.39, 0.29) is 0 Å². The van der Waals surface area contributed by atoms with Crippen LogP contribution in [0.2, 0.25) is 0 Å². The SMILES string of the molecule is CC(C)Cn1c(N(C)C)nc2c(N)nc3ccccc3c21.CNc1nc2c(N)nc3ccccc3c2n1CC(C)C. The number of hydrogen-bond acceptors (Lipinski definition) is 8. The molecule has 10 nitrogen and oxygen atoms in total. The number of nitrogens with one attached hydrogen (secondary N) is 1. The number of fused-ring (bicyclic) bond motifs is 6. The fourth-order valence-corrected chi connectivity index (χ4v) is 5.32.